The van der Waals surface area contributed by atoms with Gasteiger partial charge in [-0.1, -0.05) is 42.8 Å². The first-order valence-corrected chi connectivity index (χ1v) is 10.4. The number of unbranched alkanes of at least 4 members (excludes halogenated alkanes) is 1. The molecule has 0 radical (unpaired) electrons. The van der Waals surface area contributed by atoms with E-state index >= 15 is 0 Å². The summed E-state index contributed by atoms with van der Waals surface area (Å²) in [6.45, 7) is 4.23. The van der Waals surface area contributed by atoms with Crippen LogP contribution in [0.4, 0.5) is 0 Å². The molecule has 4 heteroatoms. The zero-order valence-corrected chi connectivity index (χ0v) is 16.6. The second-order valence-corrected chi connectivity index (χ2v) is 7.64. The van der Waals surface area contributed by atoms with Crippen LogP contribution in [0, 0.1) is 5.92 Å². The number of piperidine rings is 1. The molecule has 0 spiro atoms. The summed E-state index contributed by atoms with van der Waals surface area (Å²) in [5.74, 6) is 0.759. The third-order valence-corrected chi connectivity index (χ3v) is 5.30. The van der Waals surface area contributed by atoms with Crippen LogP contribution < -0.4 is 5.32 Å². The lowest BCUT2D eigenvalue weighted by Crippen LogP contribution is -2.35. The molecule has 1 atom stereocenters. The fourth-order valence-electron chi connectivity index (χ4n) is 3.85. The molecule has 1 amide bonds. The highest BCUT2D eigenvalue weighted by Gasteiger charge is 2.19. The van der Waals surface area contributed by atoms with E-state index in [1.54, 1.807) is 24.5 Å². The molecule has 1 N–H and O–H groups in total. The van der Waals surface area contributed by atoms with E-state index in [1.165, 1.54) is 44.3 Å². The Kier molecular flexibility index (Phi) is 8.26. The molecule has 1 unspecified atom stereocenters. The van der Waals surface area contributed by atoms with Gasteiger partial charge in [0.05, 0.1) is 0 Å². The zero-order valence-electron chi connectivity index (χ0n) is 16.6. The Morgan fingerprint density at radius 3 is 2.89 bits per heavy atom. The van der Waals surface area contributed by atoms with E-state index in [1.807, 2.05) is 12.1 Å². The quantitative estimate of drug-likeness (QED) is 0.524. The molecule has 0 saturated carbocycles. The van der Waals surface area contributed by atoms with Crippen molar-refractivity contribution in [2.45, 2.75) is 38.6 Å². The van der Waals surface area contributed by atoms with Crippen LogP contribution in [0.3, 0.4) is 0 Å². The molecule has 4 nitrogen and oxygen atoms in total. The topological polar surface area (TPSA) is 45.2 Å². The maximum absolute atomic E-state index is 11.9. The molecule has 1 aromatic carbocycles. The molecule has 1 aromatic heterocycles. The monoisotopic (exact) mass is 377 g/mol. The van der Waals surface area contributed by atoms with Gasteiger partial charge in [0.25, 0.3) is 0 Å². The molecule has 1 fully saturated rings. The number of aromatic nitrogens is 1. The number of carbonyl (C=O) groups is 1. The van der Waals surface area contributed by atoms with Crippen LogP contribution in [-0.4, -0.2) is 35.4 Å². The molecule has 0 bridgehead atoms. The number of carbonyl (C=O) groups excluding carboxylic acids is 1. The van der Waals surface area contributed by atoms with Gasteiger partial charge in [-0.05, 0) is 61.4 Å². The van der Waals surface area contributed by atoms with Gasteiger partial charge in [0.15, 0.2) is 0 Å². The van der Waals surface area contributed by atoms with Crippen LogP contribution in [0.25, 0.3) is 6.08 Å². The number of rotatable bonds is 9. The van der Waals surface area contributed by atoms with Crippen LogP contribution in [0.5, 0.6) is 0 Å². The minimum atomic E-state index is -0.0319. The fourth-order valence-corrected chi connectivity index (χ4v) is 3.85. The predicted octanol–water partition coefficient (Wildman–Crippen LogP) is 4.29. The van der Waals surface area contributed by atoms with Gasteiger partial charge in [-0.2, -0.15) is 0 Å². The van der Waals surface area contributed by atoms with Crippen molar-refractivity contribution in [3.8, 4) is 0 Å². The lowest BCUT2D eigenvalue weighted by Gasteiger charge is -2.32. The van der Waals surface area contributed by atoms with E-state index in [4.69, 9.17) is 0 Å². The Bertz CT molecular complexity index is 730. The molecule has 2 heterocycles. The largest absolute Gasteiger partial charge is 0.353 e. The molecule has 0 aliphatic carbocycles. The first-order valence-electron chi connectivity index (χ1n) is 10.4. The van der Waals surface area contributed by atoms with E-state index in [0.717, 1.165) is 31.0 Å². The van der Waals surface area contributed by atoms with Gasteiger partial charge in [0.1, 0.15) is 0 Å². The average molecular weight is 378 g/mol. The van der Waals surface area contributed by atoms with Crippen molar-refractivity contribution >= 4 is 12.0 Å². The number of hydrogen-bond acceptors (Lipinski definition) is 3. The van der Waals surface area contributed by atoms with E-state index in [0.29, 0.717) is 0 Å². The third-order valence-electron chi connectivity index (χ3n) is 5.30. The Morgan fingerprint density at radius 2 is 2.07 bits per heavy atom. The normalized spacial score (nSPS) is 17.6. The van der Waals surface area contributed by atoms with Gasteiger partial charge in [-0.15, -0.1) is 0 Å². The maximum Gasteiger partial charge on any atom is 0.243 e. The van der Waals surface area contributed by atoms with Crippen LogP contribution in [0.1, 0.15) is 43.2 Å². The van der Waals surface area contributed by atoms with Crippen molar-refractivity contribution in [3.05, 3.63) is 72.1 Å². The van der Waals surface area contributed by atoms with Crippen LogP contribution in [-0.2, 0) is 11.3 Å². The van der Waals surface area contributed by atoms with Crippen LogP contribution in [0.2, 0.25) is 0 Å². The number of hydrogen-bond donors (Lipinski definition) is 1. The highest BCUT2D eigenvalue weighted by atomic mass is 16.1. The van der Waals surface area contributed by atoms with Crippen molar-refractivity contribution in [2.75, 3.05) is 19.6 Å². The van der Waals surface area contributed by atoms with Gasteiger partial charge < -0.3 is 5.32 Å². The van der Waals surface area contributed by atoms with Gasteiger partial charge >= 0.3 is 0 Å². The summed E-state index contributed by atoms with van der Waals surface area (Å²) >= 11 is 0. The number of benzene rings is 1. The number of nitrogens with one attached hydrogen (secondary N) is 1. The van der Waals surface area contributed by atoms with E-state index < -0.39 is 0 Å². The molecule has 148 valence electrons. The van der Waals surface area contributed by atoms with E-state index in [-0.39, 0.29) is 5.91 Å². The van der Waals surface area contributed by atoms with Crippen molar-refractivity contribution < 1.29 is 4.79 Å². The highest BCUT2D eigenvalue weighted by Crippen LogP contribution is 2.22. The maximum atomic E-state index is 11.9. The Balaban J connectivity index is 1.28. The smallest absolute Gasteiger partial charge is 0.243 e. The minimum absolute atomic E-state index is 0.0319. The molecule has 1 aliphatic rings. The Labute approximate surface area is 168 Å². The van der Waals surface area contributed by atoms with Crippen molar-refractivity contribution in [2.24, 2.45) is 5.92 Å². The summed E-state index contributed by atoms with van der Waals surface area (Å²) in [5, 5.41) is 2.98. The highest BCUT2D eigenvalue weighted by molar-refractivity contribution is 5.91. The van der Waals surface area contributed by atoms with Gasteiger partial charge in [0, 0.05) is 38.1 Å². The molecule has 1 aliphatic heterocycles. The van der Waals surface area contributed by atoms with Crippen molar-refractivity contribution in [1.82, 2.24) is 15.2 Å². The van der Waals surface area contributed by atoms with Gasteiger partial charge in [-0.25, -0.2) is 0 Å². The summed E-state index contributed by atoms with van der Waals surface area (Å²) in [7, 11) is 0. The lowest BCUT2D eigenvalue weighted by molar-refractivity contribution is -0.116. The SMILES string of the molecule is O=C(/C=C\c1cccnc1)NCCCCC1CCCN(Cc2ccccc2)C1. The van der Waals surface area contributed by atoms with Crippen molar-refractivity contribution in [1.29, 1.82) is 0 Å². The molecular weight excluding hydrogens is 346 g/mol. The summed E-state index contributed by atoms with van der Waals surface area (Å²) in [4.78, 5) is 18.5. The summed E-state index contributed by atoms with van der Waals surface area (Å²) in [5.41, 5.74) is 2.35. The number of nitrogens with zero attached hydrogens (tertiary/aromatic N) is 2. The third kappa shape index (κ3) is 7.28. The summed E-state index contributed by atoms with van der Waals surface area (Å²) < 4.78 is 0. The second kappa shape index (κ2) is 11.4. The fraction of sp³-hybridized carbons (Fsp3) is 0.417. The number of amides is 1. The molecule has 1 saturated heterocycles. The summed E-state index contributed by atoms with van der Waals surface area (Å²) in [6.07, 6.45) is 13.0. The standard InChI is InChI=1S/C24H31N3O/c28-24(14-13-21-11-6-15-25-18-21)26-16-5-4-10-23-12-7-17-27(20-23)19-22-8-2-1-3-9-22/h1-3,6,8-9,11,13-15,18,23H,4-5,7,10,12,16-17,19-20H2,(H,26,28)/b14-13-. The first kappa shape index (κ1) is 20.3. The van der Waals surface area contributed by atoms with Crippen LogP contribution >= 0.6 is 0 Å². The van der Waals surface area contributed by atoms with Gasteiger partial charge in [0.2, 0.25) is 5.91 Å². The number of pyridine rings is 1. The van der Waals surface area contributed by atoms with E-state index in [9.17, 15) is 4.79 Å². The minimum Gasteiger partial charge on any atom is -0.353 e. The first-order chi connectivity index (χ1) is 13.8. The molecule has 28 heavy (non-hydrogen) atoms. The lowest BCUT2D eigenvalue weighted by atomic mass is 9.92. The predicted molar refractivity (Wildman–Crippen MR) is 115 cm³/mol. The van der Waals surface area contributed by atoms with Gasteiger partial charge in [-0.3, -0.25) is 14.7 Å². The molecule has 2 aromatic rings. The van der Waals surface area contributed by atoms with Crippen molar-refractivity contribution in [3.63, 3.8) is 0 Å². The summed E-state index contributed by atoms with van der Waals surface area (Å²) in [6, 6.07) is 14.6. The van der Waals surface area contributed by atoms with E-state index in [2.05, 4.69) is 45.5 Å². The zero-order chi connectivity index (χ0) is 19.4. The number of likely N-dealkylation sites (tertiary alicyclic amines) is 1. The average Bonchev–Trinajstić information content (AvgIpc) is 2.74. The molecular formula is C24H31N3O. The Morgan fingerprint density at radius 1 is 1.18 bits per heavy atom. The second-order valence-electron chi connectivity index (χ2n) is 7.64. The Hall–Kier alpha value is -2.46. The molecule has 3 rings (SSSR count). The van der Waals surface area contributed by atoms with Crippen LogP contribution in [0.15, 0.2) is 60.9 Å².